The van der Waals surface area contributed by atoms with E-state index in [1.807, 2.05) is 0 Å². The molecule has 0 aliphatic carbocycles. The van der Waals surface area contributed by atoms with Gasteiger partial charge in [-0.2, -0.15) is 0 Å². The topological polar surface area (TPSA) is 137 Å². The largest absolute Gasteiger partial charge is 0.490 e. The van der Waals surface area contributed by atoms with Crippen LogP contribution in [0.25, 0.3) is 0 Å². The molecule has 0 aromatic heterocycles. The molecule has 0 aliphatic rings. The maximum absolute atomic E-state index is 12.5. The Kier molecular flexibility index (Phi) is 8.28. The lowest BCUT2D eigenvalue weighted by molar-refractivity contribution is -0.385. The molecule has 2 amide bonds. The molecule has 2 rings (SSSR count). The molecule has 0 saturated heterocycles. The zero-order valence-electron chi connectivity index (χ0n) is 18.2. The third kappa shape index (κ3) is 6.27. The lowest BCUT2D eigenvalue weighted by atomic mass is 10.0. The molecule has 0 aliphatic heterocycles. The molecular formula is C22H25N3O7. The lowest BCUT2D eigenvalue weighted by Gasteiger charge is -2.21. The van der Waals surface area contributed by atoms with E-state index in [4.69, 9.17) is 9.47 Å². The summed E-state index contributed by atoms with van der Waals surface area (Å²) in [6.45, 7) is 4.47. The van der Waals surface area contributed by atoms with Crippen LogP contribution >= 0.6 is 0 Å². The second-order valence-electron chi connectivity index (χ2n) is 7.31. The Morgan fingerprint density at radius 1 is 1.12 bits per heavy atom. The summed E-state index contributed by atoms with van der Waals surface area (Å²) < 4.78 is 10.1. The minimum Gasteiger partial charge on any atom is -0.490 e. The van der Waals surface area contributed by atoms with Crippen LogP contribution in [-0.2, 0) is 14.3 Å². The highest BCUT2D eigenvalue weighted by molar-refractivity contribution is 5.97. The maximum Gasteiger partial charge on any atom is 0.329 e. The molecule has 0 bridgehead atoms. The fourth-order valence-electron chi connectivity index (χ4n) is 2.84. The SMILES string of the molecule is COc1cc(NC(=O)COC(=O)C(NC(=O)c2ccccc2)C(C)C)c(C)cc1[N+](=O)[O-]. The zero-order chi connectivity index (χ0) is 23.8. The van der Waals surface area contributed by atoms with Crippen LogP contribution in [0.4, 0.5) is 11.4 Å². The molecular weight excluding hydrogens is 418 g/mol. The van der Waals surface area contributed by atoms with Crippen molar-refractivity contribution in [1.29, 1.82) is 0 Å². The van der Waals surface area contributed by atoms with Gasteiger partial charge in [0, 0.05) is 23.4 Å². The number of benzene rings is 2. The normalized spacial score (nSPS) is 11.4. The van der Waals surface area contributed by atoms with Gasteiger partial charge in [0.25, 0.3) is 11.8 Å². The minimum atomic E-state index is -0.947. The number of esters is 1. The summed E-state index contributed by atoms with van der Waals surface area (Å²) in [5, 5.41) is 16.2. The summed E-state index contributed by atoms with van der Waals surface area (Å²) in [4.78, 5) is 47.6. The zero-order valence-corrected chi connectivity index (χ0v) is 18.2. The van der Waals surface area contributed by atoms with Gasteiger partial charge in [-0.1, -0.05) is 32.0 Å². The van der Waals surface area contributed by atoms with E-state index in [2.05, 4.69) is 10.6 Å². The molecule has 2 aromatic rings. The number of hydrogen-bond acceptors (Lipinski definition) is 7. The molecule has 0 fully saturated rings. The Bertz CT molecular complexity index is 1010. The van der Waals surface area contributed by atoms with E-state index >= 15 is 0 Å². The number of methoxy groups -OCH3 is 1. The van der Waals surface area contributed by atoms with Crippen molar-refractivity contribution in [3.05, 3.63) is 63.7 Å². The summed E-state index contributed by atoms with van der Waals surface area (Å²) in [5.41, 5.74) is 0.883. The van der Waals surface area contributed by atoms with Crippen molar-refractivity contribution in [3.8, 4) is 5.75 Å². The van der Waals surface area contributed by atoms with Crippen LogP contribution in [0.15, 0.2) is 42.5 Å². The van der Waals surface area contributed by atoms with E-state index in [1.54, 1.807) is 51.1 Å². The first-order valence-electron chi connectivity index (χ1n) is 9.79. The van der Waals surface area contributed by atoms with Crippen LogP contribution in [0.5, 0.6) is 5.75 Å². The molecule has 32 heavy (non-hydrogen) atoms. The lowest BCUT2D eigenvalue weighted by Crippen LogP contribution is -2.45. The van der Waals surface area contributed by atoms with E-state index in [9.17, 15) is 24.5 Å². The Labute approximate surface area is 185 Å². The number of aryl methyl sites for hydroxylation is 1. The number of nitrogens with one attached hydrogen (secondary N) is 2. The van der Waals surface area contributed by atoms with E-state index in [0.717, 1.165) is 0 Å². The molecule has 0 spiro atoms. The summed E-state index contributed by atoms with van der Waals surface area (Å²) in [7, 11) is 1.28. The Morgan fingerprint density at radius 2 is 1.78 bits per heavy atom. The van der Waals surface area contributed by atoms with Crippen molar-refractivity contribution in [3.63, 3.8) is 0 Å². The number of anilines is 1. The summed E-state index contributed by atoms with van der Waals surface area (Å²) in [5.74, 6) is -2.12. The predicted octanol–water partition coefficient (Wildman–Crippen LogP) is 2.85. The number of carbonyl (C=O) groups excluding carboxylic acids is 3. The number of nitro groups is 1. The van der Waals surface area contributed by atoms with Gasteiger partial charge in [0.1, 0.15) is 6.04 Å². The highest BCUT2D eigenvalue weighted by atomic mass is 16.6. The molecule has 2 aromatic carbocycles. The van der Waals surface area contributed by atoms with Gasteiger partial charge in [-0.3, -0.25) is 19.7 Å². The van der Waals surface area contributed by atoms with Crippen LogP contribution in [0.1, 0.15) is 29.8 Å². The van der Waals surface area contributed by atoms with E-state index in [0.29, 0.717) is 11.1 Å². The fourth-order valence-corrected chi connectivity index (χ4v) is 2.84. The quantitative estimate of drug-likeness (QED) is 0.345. The van der Waals surface area contributed by atoms with E-state index in [-0.39, 0.29) is 23.0 Å². The predicted molar refractivity (Wildman–Crippen MR) is 117 cm³/mol. The summed E-state index contributed by atoms with van der Waals surface area (Å²) >= 11 is 0. The van der Waals surface area contributed by atoms with Crippen LogP contribution in [-0.4, -0.2) is 42.5 Å². The fraction of sp³-hybridized carbons (Fsp3) is 0.318. The smallest absolute Gasteiger partial charge is 0.329 e. The summed E-state index contributed by atoms with van der Waals surface area (Å²) in [6, 6.07) is 10.1. The Hall–Kier alpha value is -3.95. The number of carbonyl (C=O) groups is 3. The van der Waals surface area contributed by atoms with Crippen molar-refractivity contribution < 1.29 is 28.8 Å². The van der Waals surface area contributed by atoms with E-state index < -0.39 is 35.4 Å². The first-order chi connectivity index (χ1) is 15.1. The highest BCUT2D eigenvalue weighted by Gasteiger charge is 2.27. The molecule has 0 saturated carbocycles. The first kappa shape index (κ1) is 24.3. The molecule has 10 heteroatoms. The third-order valence-electron chi connectivity index (χ3n) is 4.59. The number of rotatable bonds is 9. The van der Waals surface area contributed by atoms with Gasteiger partial charge < -0.3 is 20.1 Å². The molecule has 10 nitrogen and oxygen atoms in total. The van der Waals surface area contributed by atoms with Crippen LogP contribution in [0.3, 0.4) is 0 Å². The standard InChI is InChI=1S/C22H25N3O7/c1-13(2)20(24-21(27)15-8-6-5-7-9-15)22(28)32-12-19(26)23-16-11-18(31-4)17(25(29)30)10-14(16)3/h5-11,13,20H,12H2,1-4H3,(H,23,26)(H,24,27). The first-order valence-corrected chi connectivity index (χ1v) is 9.79. The van der Waals surface area contributed by atoms with Gasteiger partial charge in [0.05, 0.1) is 12.0 Å². The monoisotopic (exact) mass is 443 g/mol. The Morgan fingerprint density at radius 3 is 2.34 bits per heavy atom. The molecule has 170 valence electrons. The van der Waals surface area contributed by atoms with Gasteiger partial charge in [-0.25, -0.2) is 4.79 Å². The van der Waals surface area contributed by atoms with Gasteiger partial charge >= 0.3 is 11.7 Å². The van der Waals surface area contributed by atoms with E-state index in [1.165, 1.54) is 19.2 Å². The molecule has 0 heterocycles. The maximum atomic E-state index is 12.5. The van der Waals surface area contributed by atoms with Crippen LogP contribution in [0, 0.1) is 23.0 Å². The number of ether oxygens (including phenoxy) is 2. The van der Waals surface area contributed by atoms with Crippen LogP contribution < -0.4 is 15.4 Å². The second kappa shape index (κ2) is 10.9. The average Bonchev–Trinajstić information content (AvgIpc) is 2.76. The number of nitro benzene ring substituents is 1. The molecule has 1 atom stereocenters. The number of amides is 2. The Balaban J connectivity index is 2.01. The highest BCUT2D eigenvalue weighted by Crippen LogP contribution is 2.32. The molecule has 2 N–H and O–H groups in total. The average molecular weight is 443 g/mol. The van der Waals surface area contributed by atoms with Crippen LogP contribution in [0.2, 0.25) is 0 Å². The van der Waals surface area contributed by atoms with Crippen molar-refractivity contribution in [2.24, 2.45) is 5.92 Å². The van der Waals surface area contributed by atoms with Gasteiger partial charge in [0.15, 0.2) is 12.4 Å². The third-order valence-corrected chi connectivity index (χ3v) is 4.59. The van der Waals surface area contributed by atoms with Gasteiger partial charge in [-0.05, 0) is 30.5 Å². The van der Waals surface area contributed by atoms with Crippen molar-refractivity contribution in [2.75, 3.05) is 19.0 Å². The van der Waals surface area contributed by atoms with Crippen molar-refractivity contribution in [2.45, 2.75) is 26.8 Å². The van der Waals surface area contributed by atoms with Gasteiger partial charge in [0.2, 0.25) is 0 Å². The number of hydrogen-bond donors (Lipinski definition) is 2. The summed E-state index contributed by atoms with van der Waals surface area (Å²) in [6.07, 6.45) is 0. The number of nitrogens with zero attached hydrogens (tertiary/aromatic N) is 1. The second-order valence-corrected chi connectivity index (χ2v) is 7.31. The van der Waals surface area contributed by atoms with Gasteiger partial charge in [-0.15, -0.1) is 0 Å². The molecule has 1 unspecified atom stereocenters. The molecule has 0 radical (unpaired) electrons. The minimum absolute atomic E-state index is 0.0172. The van der Waals surface area contributed by atoms with Crippen molar-refractivity contribution >= 4 is 29.2 Å². The van der Waals surface area contributed by atoms with Crippen molar-refractivity contribution in [1.82, 2.24) is 5.32 Å².